The van der Waals surface area contributed by atoms with E-state index in [0.29, 0.717) is 17.5 Å². The van der Waals surface area contributed by atoms with Crippen molar-refractivity contribution >= 4 is 23.3 Å². The van der Waals surface area contributed by atoms with Crippen molar-refractivity contribution in [1.82, 2.24) is 24.3 Å². The van der Waals surface area contributed by atoms with Gasteiger partial charge in [0.05, 0.1) is 19.5 Å². The van der Waals surface area contributed by atoms with Gasteiger partial charge < -0.3 is 9.30 Å². The van der Waals surface area contributed by atoms with Crippen molar-refractivity contribution in [3.63, 3.8) is 0 Å². The summed E-state index contributed by atoms with van der Waals surface area (Å²) < 4.78 is 36.7. The number of ether oxygens (including phenoxy) is 1. The first-order valence-electron chi connectivity index (χ1n) is 11.4. The van der Waals surface area contributed by atoms with E-state index in [9.17, 15) is 8.78 Å². The number of imidazole rings is 1. The van der Waals surface area contributed by atoms with Crippen LogP contribution in [0.2, 0.25) is 5.15 Å². The Labute approximate surface area is 201 Å². The molecular weight excluding hydrogens is 462 g/mol. The lowest BCUT2D eigenvalue weighted by Crippen LogP contribution is -2.18. The van der Waals surface area contributed by atoms with Crippen LogP contribution in [0, 0.1) is 11.6 Å². The van der Waals surface area contributed by atoms with E-state index in [-0.39, 0.29) is 12.0 Å². The summed E-state index contributed by atoms with van der Waals surface area (Å²) in [5.74, 6) is 0.400. The Morgan fingerprint density at radius 1 is 1.18 bits per heavy atom. The van der Waals surface area contributed by atoms with Gasteiger partial charge in [-0.2, -0.15) is 4.98 Å². The highest BCUT2D eigenvalue weighted by Gasteiger charge is 2.25. The Hall–Kier alpha value is -3.07. The molecule has 2 unspecified atom stereocenters. The van der Waals surface area contributed by atoms with Gasteiger partial charge in [0.15, 0.2) is 11.6 Å². The maximum atomic E-state index is 13.8. The molecule has 0 spiro atoms. The second kappa shape index (κ2) is 9.66. The standard InChI is InChI=1S/C24H25ClF2N6O/c1-34-21-12-17(6-8-20(21)32-13-22(25)28-14-32)29-24-30-23-11-15(4-2-3-9-33(23)31-24)16-5-7-18(26)19(27)10-16/h5,7,10,12-15,20H,2-4,6,8-9,11H2,1H3. The van der Waals surface area contributed by atoms with Crippen molar-refractivity contribution in [2.75, 3.05) is 7.11 Å². The molecule has 178 valence electrons. The number of fused-ring (bicyclic) bond motifs is 1. The number of benzene rings is 1. The predicted octanol–water partition coefficient (Wildman–Crippen LogP) is 5.55. The molecule has 1 aliphatic carbocycles. The average Bonchev–Trinajstić information content (AvgIpc) is 3.41. The van der Waals surface area contributed by atoms with E-state index in [4.69, 9.17) is 21.3 Å². The molecule has 2 atom stereocenters. The molecule has 3 heterocycles. The Balaban J connectivity index is 1.39. The summed E-state index contributed by atoms with van der Waals surface area (Å²) in [5.41, 5.74) is 1.63. The number of nitrogens with zero attached hydrogens (tertiary/aromatic N) is 6. The zero-order valence-electron chi connectivity index (χ0n) is 18.8. The summed E-state index contributed by atoms with van der Waals surface area (Å²) in [4.78, 5) is 13.5. The van der Waals surface area contributed by atoms with Gasteiger partial charge >= 0.3 is 0 Å². The SMILES string of the molecule is COC1=CC(=Nc2nc3n(n2)CCCCC(c2ccc(F)c(F)c2)C3)CCC1n1cnc(Cl)c1. The lowest BCUT2D eigenvalue weighted by molar-refractivity contribution is 0.234. The average molecular weight is 487 g/mol. The largest absolute Gasteiger partial charge is 0.499 e. The molecule has 0 bridgehead atoms. The van der Waals surface area contributed by atoms with Gasteiger partial charge in [0.1, 0.15) is 16.7 Å². The summed E-state index contributed by atoms with van der Waals surface area (Å²) in [7, 11) is 1.64. The Kier molecular flexibility index (Phi) is 6.45. The van der Waals surface area contributed by atoms with Crippen LogP contribution in [0.5, 0.6) is 0 Å². The molecule has 0 N–H and O–H groups in total. The summed E-state index contributed by atoms with van der Waals surface area (Å²) in [6.45, 7) is 0.764. The van der Waals surface area contributed by atoms with E-state index in [1.807, 2.05) is 15.3 Å². The van der Waals surface area contributed by atoms with Crippen molar-refractivity contribution < 1.29 is 13.5 Å². The van der Waals surface area contributed by atoms with E-state index < -0.39 is 11.6 Å². The predicted molar refractivity (Wildman–Crippen MR) is 124 cm³/mol. The number of rotatable bonds is 4. The monoisotopic (exact) mass is 486 g/mol. The minimum atomic E-state index is -0.829. The second-order valence-electron chi connectivity index (χ2n) is 8.67. The van der Waals surface area contributed by atoms with Crippen molar-refractivity contribution in [1.29, 1.82) is 0 Å². The normalized spacial score (nSPS) is 22.1. The maximum Gasteiger partial charge on any atom is 0.268 e. The fraction of sp³-hybridized carbons (Fsp3) is 0.417. The molecule has 10 heteroatoms. The number of aromatic nitrogens is 5. The zero-order valence-corrected chi connectivity index (χ0v) is 19.5. The van der Waals surface area contributed by atoms with Gasteiger partial charge in [0, 0.05) is 24.9 Å². The van der Waals surface area contributed by atoms with Crippen LogP contribution >= 0.6 is 11.6 Å². The Morgan fingerprint density at radius 2 is 2.06 bits per heavy atom. The van der Waals surface area contributed by atoms with Crippen molar-refractivity contribution in [3.05, 3.63) is 70.7 Å². The third-order valence-electron chi connectivity index (χ3n) is 6.47. The van der Waals surface area contributed by atoms with Gasteiger partial charge in [0.2, 0.25) is 0 Å². The smallest absolute Gasteiger partial charge is 0.268 e. The Bertz CT molecular complexity index is 1250. The number of hydrogen-bond donors (Lipinski definition) is 0. The molecule has 3 aromatic rings. The van der Waals surface area contributed by atoms with Gasteiger partial charge in [-0.3, -0.25) is 0 Å². The van der Waals surface area contributed by atoms with Crippen LogP contribution in [0.1, 0.15) is 55.5 Å². The van der Waals surface area contributed by atoms with Crippen LogP contribution in [-0.2, 0) is 17.7 Å². The van der Waals surface area contributed by atoms with Crippen LogP contribution in [0.3, 0.4) is 0 Å². The fourth-order valence-corrected chi connectivity index (χ4v) is 4.87. The quantitative estimate of drug-likeness (QED) is 0.484. The molecule has 2 aliphatic rings. The van der Waals surface area contributed by atoms with Crippen LogP contribution in [0.15, 0.2) is 47.6 Å². The Morgan fingerprint density at radius 3 is 2.82 bits per heavy atom. The minimum absolute atomic E-state index is 0.0102. The third kappa shape index (κ3) is 4.75. The molecule has 0 radical (unpaired) electrons. The molecule has 0 amide bonds. The second-order valence-corrected chi connectivity index (χ2v) is 9.06. The number of methoxy groups -OCH3 is 1. The molecule has 1 aromatic carbocycles. The number of aryl methyl sites for hydroxylation is 1. The van der Waals surface area contributed by atoms with Crippen molar-refractivity contribution in [3.8, 4) is 0 Å². The summed E-state index contributed by atoms with van der Waals surface area (Å²) in [6, 6.07) is 4.16. The fourth-order valence-electron chi connectivity index (χ4n) is 4.71. The minimum Gasteiger partial charge on any atom is -0.499 e. The number of aliphatic imine (C=N–C) groups is 1. The van der Waals surface area contributed by atoms with Gasteiger partial charge in [-0.05, 0) is 55.4 Å². The van der Waals surface area contributed by atoms with Crippen LogP contribution in [0.25, 0.3) is 0 Å². The van der Waals surface area contributed by atoms with Crippen molar-refractivity contribution in [2.45, 2.75) is 57.0 Å². The molecule has 0 fully saturated rings. The number of allylic oxidation sites excluding steroid dienone is 2. The van der Waals surface area contributed by atoms with Crippen LogP contribution in [-0.4, -0.2) is 37.1 Å². The van der Waals surface area contributed by atoms with E-state index >= 15 is 0 Å². The lowest BCUT2D eigenvalue weighted by Gasteiger charge is -2.24. The molecule has 5 rings (SSSR count). The van der Waals surface area contributed by atoms with E-state index in [2.05, 4.69) is 15.1 Å². The van der Waals surface area contributed by atoms with Crippen LogP contribution in [0.4, 0.5) is 14.7 Å². The maximum absolute atomic E-state index is 13.8. The topological polar surface area (TPSA) is 70.1 Å². The summed E-state index contributed by atoms with van der Waals surface area (Å²) >= 11 is 5.97. The zero-order chi connectivity index (χ0) is 23.7. The van der Waals surface area contributed by atoms with Gasteiger partial charge in [-0.1, -0.05) is 24.1 Å². The molecular formula is C24H25ClF2N6O. The summed E-state index contributed by atoms with van der Waals surface area (Å²) in [6.07, 6.45) is 10.3. The van der Waals surface area contributed by atoms with Gasteiger partial charge in [-0.25, -0.2) is 23.4 Å². The van der Waals surface area contributed by atoms with E-state index in [0.717, 1.165) is 61.5 Å². The first-order chi connectivity index (χ1) is 16.5. The number of halogens is 3. The summed E-state index contributed by atoms with van der Waals surface area (Å²) in [5, 5.41) is 5.06. The highest BCUT2D eigenvalue weighted by atomic mass is 35.5. The highest BCUT2D eigenvalue weighted by Crippen LogP contribution is 2.32. The van der Waals surface area contributed by atoms with Gasteiger partial charge in [0.25, 0.3) is 5.95 Å². The third-order valence-corrected chi connectivity index (χ3v) is 6.67. The molecule has 34 heavy (non-hydrogen) atoms. The highest BCUT2D eigenvalue weighted by molar-refractivity contribution is 6.29. The first kappa shape index (κ1) is 22.7. The number of hydrogen-bond acceptors (Lipinski definition) is 5. The lowest BCUT2D eigenvalue weighted by atomic mass is 9.89. The van der Waals surface area contributed by atoms with Crippen molar-refractivity contribution in [2.24, 2.45) is 4.99 Å². The molecule has 2 aromatic heterocycles. The van der Waals surface area contributed by atoms with E-state index in [1.54, 1.807) is 25.7 Å². The van der Waals surface area contributed by atoms with Crippen LogP contribution < -0.4 is 0 Å². The molecule has 7 nitrogen and oxygen atoms in total. The molecule has 0 saturated carbocycles. The first-order valence-corrected chi connectivity index (χ1v) is 11.8. The van der Waals surface area contributed by atoms with E-state index in [1.165, 1.54) is 12.1 Å². The molecule has 1 aliphatic heterocycles. The van der Waals surface area contributed by atoms with Gasteiger partial charge in [-0.15, -0.1) is 5.10 Å². The molecule has 0 saturated heterocycles.